The van der Waals surface area contributed by atoms with Crippen molar-refractivity contribution in [3.63, 3.8) is 0 Å². The Bertz CT molecular complexity index is 667. The van der Waals surface area contributed by atoms with Crippen LogP contribution in [0, 0.1) is 34.5 Å². The van der Waals surface area contributed by atoms with Crippen LogP contribution in [-0.2, 0) is 4.79 Å². The van der Waals surface area contributed by atoms with E-state index in [-0.39, 0.29) is 48.1 Å². The fraction of sp³-hybridized carbons (Fsp3) is 0.762. The summed E-state index contributed by atoms with van der Waals surface area (Å²) in [4.78, 5) is 11.9. The second kappa shape index (κ2) is 6.18. The number of carbonyl (C=O) groups is 1. The molecule has 0 aromatic carbocycles. The number of carbonyl (C=O) groups excluding carboxylic acids is 1. The van der Waals surface area contributed by atoms with Gasteiger partial charge in [0.25, 0.3) is 0 Å². The molecule has 7 atom stereocenters. The number of ketones is 1. The van der Waals surface area contributed by atoms with Crippen molar-refractivity contribution >= 4 is 5.78 Å². The minimum Gasteiger partial charge on any atom is -0.512 e. The van der Waals surface area contributed by atoms with Gasteiger partial charge in [-0.25, -0.2) is 0 Å². The third kappa shape index (κ3) is 2.30. The minimum atomic E-state index is -0.880. The van der Waals surface area contributed by atoms with Crippen LogP contribution in [0.2, 0.25) is 0 Å². The summed E-state index contributed by atoms with van der Waals surface area (Å²) in [5.74, 6) is 0.661. The molecular formula is C21H30O5. The van der Waals surface area contributed by atoms with Crippen molar-refractivity contribution in [3.05, 3.63) is 23.5 Å². The molecule has 0 radical (unpaired) electrons. The first-order chi connectivity index (χ1) is 12.4. The summed E-state index contributed by atoms with van der Waals surface area (Å²) in [6, 6.07) is 0. The Hall–Kier alpha value is -1.17. The van der Waals surface area contributed by atoms with Crippen molar-refractivity contribution in [3.8, 4) is 0 Å². The van der Waals surface area contributed by atoms with Crippen molar-refractivity contribution in [1.82, 2.24) is 0 Å². The van der Waals surface area contributed by atoms with Gasteiger partial charge in [0, 0.05) is 17.8 Å². The molecule has 0 aliphatic heterocycles. The third-order valence-corrected chi connectivity index (χ3v) is 8.17. The standard InChI is InChI=1S/C21H30O5/c1-20-7-6-13(24)8-12(20)2-3-14-15-4-5-16(18(26)10-22)21(15,11-23)9-17(25)19(14)20/h8-9,14-16,18-19,22-23,25-26H,2-7,10-11H2,1H3/t14-,15-,16+,18-,19+,20-,21+/m0/s1. The van der Waals surface area contributed by atoms with Crippen molar-refractivity contribution in [2.75, 3.05) is 13.2 Å². The average molecular weight is 362 g/mol. The molecule has 0 unspecified atom stereocenters. The topological polar surface area (TPSA) is 98.0 Å². The number of allylic oxidation sites excluding steroid dienone is 3. The monoisotopic (exact) mass is 362 g/mol. The van der Waals surface area contributed by atoms with E-state index in [9.17, 15) is 25.2 Å². The number of hydrogen-bond acceptors (Lipinski definition) is 5. The maximum atomic E-state index is 11.9. The molecule has 4 N–H and O–H groups in total. The number of aliphatic hydroxyl groups is 4. The normalized spacial score (nSPS) is 45.9. The third-order valence-electron chi connectivity index (χ3n) is 8.17. The highest BCUT2D eigenvalue weighted by atomic mass is 16.3. The van der Waals surface area contributed by atoms with E-state index < -0.39 is 11.5 Å². The number of hydrogen-bond donors (Lipinski definition) is 4. The first-order valence-electron chi connectivity index (χ1n) is 9.92. The largest absolute Gasteiger partial charge is 0.512 e. The molecule has 144 valence electrons. The van der Waals surface area contributed by atoms with Gasteiger partial charge in [-0.2, -0.15) is 0 Å². The summed E-state index contributed by atoms with van der Waals surface area (Å²) in [7, 11) is 0. The lowest BCUT2D eigenvalue weighted by Crippen LogP contribution is -2.53. The number of fused-ring (bicyclic) bond motifs is 5. The van der Waals surface area contributed by atoms with Gasteiger partial charge in [0.1, 0.15) is 0 Å². The molecule has 0 aromatic rings. The van der Waals surface area contributed by atoms with Gasteiger partial charge in [-0.05, 0) is 67.4 Å². The molecule has 0 spiro atoms. The smallest absolute Gasteiger partial charge is 0.155 e. The van der Waals surface area contributed by atoms with Gasteiger partial charge in [-0.1, -0.05) is 12.5 Å². The second-order valence-corrected chi connectivity index (χ2v) is 9.11. The highest BCUT2D eigenvalue weighted by Gasteiger charge is 2.61. The van der Waals surface area contributed by atoms with Crippen LogP contribution in [0.3, 0.4) is 0 Å². The summed E-state index contributed by atoms with van der Waals surface area (Å²) in [6.45, 7) is 1.73. The fourth-order valence-electron chi connectivity index (χ4n) is 6.95. The van der Waals surface area contributed by atoms with Gasteiger partial charge >= 0.3 is 0 Å². The summed E-state index contributed by atoms with van der Waals surface area (Å²) in [5.41, 5.74) is 0.304. The molecule has 0 aromatic heterocycles. The summed E-state index contributed by atoms with van der Waals surface area (Å²) in [6.07, 6.45) is 7.41. The van der Waals surface area contributed by atoms with E-state index in [4.69, 9.17) is 0 Å². The predicted molar refractivity (Wildman–Crippen MR) is 96.2 cm³/mol. The highest BCUT2D eigenvalue weighted by Crippen LogP contribution is 2.65. The van der Waals surface area contributed by atoms with Gasteiger partial charge in [0.2, 0.25) is 0 Å². The maximum absolute atomic E-state index is 11.9. The van der Waals surface area contributed by atoms with Crippen LogP contribution in [0.25, 0.3) is 0 Å². The quantitative estimate of drug-likeness (QED) is 0.616. The van der Waals surface area contributed by atoms with E-state index in [1.165, 1.54) is 0 Å². The van der Waals surface area contributed by atoms with Crippen molar-refractivity contribution < 1.29 is 25.2 Å². The molecular weight excluding hydrogens is 332 g/mol. The molecule has 2 fully saturated rings. The fourth-order valence-corrected chi connectivity index (χ4v) is 6.95. The van der Waals surface area contributed by atoms with E-state index in [2.05, 4.69) is 6.92 Å². The first-order valence-corrected chi connectivity index (χ1v) is 9.92. The van der Waals surface area contributed by atoms with Gasteiger partial charge in [-0.15, -0.1) is 0 Å². The molecule has 4 rings (SSSR count). The van der Waals surface area contributed by atoms with Crippen molar-refractivity contribution in [1.29, 1.82) is 0 Å². The summed E-state index contributed by atoms with van der Waals surface area (Å²) < 4.78 is 0. The van der Waals surface area contributed by atoms with Crippen LogP contribution in [0.4, 0.5) is 0 Å². The minimum absolute atomic E-state index is 0.0229. The highest BCUT2D eigenvalue weighted by molar-refractivity contribution is 5.91. The van der Waals surface area contributed by atoms with E-state index >= 15 is 0 Å². The molecule has 4 aliphatic carbocycles. The van der Waals surface area contributed by atoms with Crippen LogP contribution in [0.5, 0.6) is 0 Å². The van der Waals surface area contributed by atoms with E-state index in [1.807, 2.05) is 0 Å². The zero-order valence-electron chi connectivity index (χ0n) is 15.4. The van der Waals surface area contributed by atoms with Crippen LogP contribution in [0.1, 0.15) is 45.4 Å². The Morgan fingerprint density at radius 2 is 2.00 bits per heavy atom. The summed E-state index contributed by atoms with van der Waals surface area (Å²) >= 11 is 0. The lowest BCUT2D eigenvalue weighted by atomic mass is 9.48. The Morgan fingerprint density at radius 1 is 1.23 bits per heavy atom. The Labute approximate surface area is 154 Å². The van der Waals surface area contributed by atoms with Crippen LogP contribution in [-0.4, -0.2) is 45.5 Å². The molecule has 0 amide bonds. The molecule has 5 nitrogen and oxygen atoms in total. The molecule has 26 heavy (non-hydrogen) atoms. The zero-order chi connectivity index (χ0) is 18.7. The van der Waals surface area contributed by atoms with E-state index in [1.54, 1.807) is 12.2 Å². The number of aliphatic hydroxyl groups excluding tert-OH is 4. The van der Waals surface area contributed by atoms with Gasteiger partial charge in [-0.3, -0.25) is 4.79 Å². The van der Waals surface area contributed by atoms with Crippen LogP contribution in [0.15, 0.2) is 23.5 Å². The Kier molecular flexibility index (Phi) is 4.33. The molecule has 0 bridgehead atoms. The Balaban J connectivity index is 1.79. The van der Waals surface area contributed by atoms with Crippen molar-refractivity contribution in [2.24, 2.45) is 34.5 Å². The average Bonchev–Trinajstić information content (AvgIpc) is 3.00. The number of rotatable bonds is 3. The zero-order valence-corrected chi connectivity index (χ0v) is 15.4. The van der Waals surface area contributed by atoms with Gasteiger partial charge < -0.3 is 20.4 Å². The van der Waals surface area contributed by atoms with E-state index in [0.29, 0.717) is 12.2 Å². The van der Waals surface area contributed by atoms with Crippen molar-refractivity contribution in [2.45, 2.75) is 51.6 Å². The molecule has 0 saturated heterocycles. The van der Waals surface area contributed by atoms with Gasteiger partial charge in [0.15, 0.2) is 5.78 Å². The lowest BCUT2D eigenvalue weighted by molar-refractivity contribution is -0.117. The Morgan fingerprint density at radius 3 is 2.69 bits per heavy atom. The molecule has 4 aliphatic rings. The van der Waals surface area contributed by atoms with E-state index in [0.717, 1.165) is 37.7 Å². The molecule has 2 saturated carbocycles. The van der Waals surface area contributed by atoms with Gasteiger partial charge in [0.05, 0.1) is 25.1 Å². The second-order valence-electron chi connectivity index (χ2n) is 9.11. The molecule has 0 heterocycles. The maximum Gasteiger partial charge on any atom is 0.155 e. The SMILES string of the molecule is C[C@]12CCC(=O)C=C1CC[C@H]1[C@@H]3CC[C@H]([C@@H](O)CO)[C@@]3(CO)C=C(O)[C@@H]12. The molecule has 5 heteroatoms. The van der Waals surface area contributed by atoms with Crippen LogP contribution >= 0.6 is 0 Å². The first kappa shape index (κ1) is 18.2. The summed E-state index contributed by atoms with van der Waals surface area (Å²) in [5, 5.41) is 41.2. The predicted octanol–water partition coefficient (Wildman–Crippen LogP) is 2.12. The van der Waals surface area contributed by atoms with Crippen LogP contribution < -0.4 is 0 Å². The lowest BCUT2D eigenvalue weighted by Gasteiger charge is -2.56.